The standard InChI is InChI=1S/C17H18N2O4S/c1-4-19-15-8-7-13(10-16(15)23-17(19)20)24(21,22)18-14-9-11(2)5-6-12(14)3/h5-10,18H,4H2,1-3H3. The van der Waals surface area contributed by atoms with E-state index in [1.54, 1.807) is 12.1 Å². The fourth-order valence-electron chi connectivity index (χ4n) is 2.56. The number of fused-ring (bicyclic) bond motifs is 1. The highest BCUT2D eigenvalue weighted by Crippen LogP contribution is 2.23. The highest BCUT2D eigenvalue weighted by Gasteiger charge is 2.18. The molecule has 0 radical (unpaired) electrons. The number of nitrogens with one attached hydrogen (secondary N) is 1. The molecule has 1 N–H and O–H groups in total. The number of oxazole rings is 1. The van der Waals surface area contributed by atoms with E-state index >= 15 is 0 Å². The van der Waals surface area contributed by atoms with Crippen LogP contribution in [-0.2, 0) is 16.6 Å². The molecule has 2 aromatic carbocycles. The summed E-state index contributed by atoms with van der Waals surface area (Å²) >= 11 is 0. The molecule has 0 saturated carbocycles. The molecule has 0 fully saturated rings. The lowest BCUT2D eigenvalue weighted by atomic mass is 10.1. The lowest BCUT2D eigenvalue weighted by Gasteiger charge is -2.11. The molecule has 7 heteroatoms. The van der Waals surface area contributed by atoms with E-state index in [9.17, 15) is 13.2 Å². The second kappa shape index (κ2) is 5.83. The van der Waals surface area contributed by atoms with E-state index < -0.39 is 15.8 Å². The molecule has 0 atom stereocenters. The van der Waals surface area contributed by atoms with E-state index in [4.69, 9.17) is 4.42 Å². The summed E-state index contributed by atoms with van der Waals surface area (Å²) in [5.74, 6) is -0.496. The maximum Gasteiger partial charge on any atom is 0.419 e. The van der Waals surface area contributed by atoms with Crippen molar-refractivity contribution in [1.82, 2.24) is 4.57 Å². The van der Waals surface area contributed by atoms with Gasteiger partial charge in [-0.15, -0.1) is 0 Å². The molecule has 0 unspecified atom stereocenters. The summed E-state index contributed by atoms with van der Waals surface area (Å²) in [6.07, 6.45) is 0. The Morgan fingerprint density at radius 3 is 2.58 bits per heavy atom. The number of sulfonamides is 1. The average Bonchev–Trinajstić information content (AvgIpc) is 2.84. The number of rotatable bonds is 4. The minimum Gasteiger partial charge on any atom is -0.408 e. The van der Waals surface area contributed by atoms with Gasteiger partial charge in [-0.2, -0.15) is 0 Å². The summed E-state index contributed by atoms with van der Waals surface area (Å²) in [4.78, 5) is 11.8. The van der Waals surface area contributed by atoms with Crippen LogP contribution in [0, 0.1) is 13.8 Å². The van der Waals surface area contributed by atoms with E-state index in [1.165, 1.54) is 16.7 Å². The third-order valence-corrected chi connectivity index (χ3v) is 5.27. The van der Waals surface area contributed by atoms with Crippen LogP contribution in [0.25, 0.3) is 11.1 Å². The van der Waals surface area contributed by atoms with E-state index in [-0.39, 0.29) is 10.5 Å². The van der Waals surface area contributed by atoms with Gasteiger partial charge in [-0.1, -0.05) is 12.1 Å². The lowest BCUT2D eigenvalue weighted by Crippen LogP contribution is -2.14. The molecular weight excluding hydrogens is 328 g/mol. The molecule has 6 nitrogen and oxygen atoms in total. The molecule has 3 rings (SSSR count). The van der Waals surface area contributed by atoms with E-state index in [0.29, 0.717) is 17.7 Å². The first-order valence-corrected chi connectivity index (χ1v) is 9.03. The summed E-state index contributed by atoms with van der Waals surface area (Å²) in [7, 11) is -3.78. The van der Waals surface area contributed by atoms with Crippen molar-refractivity contribution >= 4 is 26.8 Å². The van der Waals surface area contributed by atoms with Crippen molar-refractivity contribution in [1.29, 1.82) is 0 Å². The van der Waals surface area contributed by atoms with Crippen molar-refractivity contribution in [2.45, 2.75) is 32.2 Å². The van der Waals surface area contributed by atoms with Crippen LogP contribution >= 0.6 is 0 Å². The Labute approximate surface area is 139 Å². The van der Waals surface area contributed by atoms with Crippen LogP contribution in [0.5, 0.6) is 0 Å². The SMILES string of the molecule is CCn1c(=O)oc2cc(S(=O)(=O)Nc3cc(C)ccc3C)ccc21. The van der Waals surface area contributed by atoms with E-state index in [0.717, 1.165) is 11.1 Å². The number of nitrogens with zero attached hydrogens (tertiary/aromatic N) is 1. The second-order valence-corrected chi connectivity index (χ2v) is 7.35. The van der Waals surface area contributed by atoms with Gasteiger partial charge in [-0.05, 0) is 50.1 Å². The molecule has 3 aromatic rings. The van der Waals surface area contributed by atoms with Gasteiger partial charge in [0.15, 0.2) is 5.58 Å². The van der Waals surface area contributed by atoms with Gasteiger partial charge in [0, 0.05) is 12.6 Å². The predicted molar refractivity (Wildman–Crippen MR) is 92.9 cm³/mol. The first-order valence-electron chi connectivity index (χ1n) is 7.55. The Hall–Kier alpha value is -2.54. The van der Waals surface area contributed by atoms with E-state index in [1.807, 2.05) is 32.9 Å². The molecule has 0 amide bonds. The molecule has 24 heavy (non-hydrogen) atoms. The zero-order valence-electron chi connectivity index (χ0n) is 13.7. The molecule has 0 spiro atoms. The molecular formula is C17H18N2O4S. The number of aromatic nitrogens is 1. The Balaban J connectivity index is 2.05. The maximum atomic E-state index is 12.6. The molecule has 1 aromatic heterocycles. The van der Waals surface area contributed by atoms with Crippen LogP contribution < -0.4 is 10.5 Å². The van der Waals surface area contributed by atoms with Crippen molar-refractivity contribution in [3.63, 3.8) is 0 Å². The van der Waals surface area contributed by atoms with Gasteiger partial charge in [-0.3, -0.25) is 9.29 Å². The Bertz CT molecular complexity index is 1080. The van der Waals surface area contributed by atoms with Crippen LogP contribution in [0.3, 0.4) is 0 Å². The van der Waals surface area contributed by atoms with Crippen LogP contribution in [0.4, 0.5) is 5.69 Å². The summed E-state index contributed by atoms with van der Waals surface area (Å²) in [6.45, 7) is 6.01. The van der Waals surface area contributed by atoms with Gasteiger partial charge in [0.25, 0.3) is 10.0 Å². The summed E-state index contributed by atoms with van der Waals surface area (Å²) in [6, 6.07) is 9.98. The topological polar surface area (TPSA) is 81.3 Å². The average molecular weight is 346 g/mol. The van der Waals surface area contributed by atoms with Crippen molar-refractivity contribution in [2.75, 3.05) is 4.72 Å². The smallest absolute Gasteiger partial charge is 0.408 e. The van der Waals surface area contributed by atoms with E-state index in [2.05, 4.69) is 4.72 Å². The summed E-state index contributed by atoms with van der Waals surface area (Å²) < 4.78 is 34.4. The largest absolute Gasteiger partial charge is 0.419 e. The minimum atomic E-state index is -3.78. The number of benzene rings is 2. The molecule has 0 aliphatic rings. The summed E-state index contributed by atoms with van der Waals surface area (Å²) in [5.41, 5.74) is 3.15. The quantitative estimate of drug-likeness (QED) is 0.787. The monoisotopic (exact) mass is 346 g/mol. The van der Waals surface area contributed by atoms with Crippen LogP contribution in [0.1, 0.15) is 18.1 Å². The van der Waals surface area contributed by atoms with Crippen LogP contribution in [0.2, 0.25) is 0 Å². The van der Waals surface area contributed by atoms with Crippen LogP contribution in [0.15, 0.2) is 50.5 Å². The Morgan fingerprint density at radius 2 is 1.88 bits per heavy atom. The number of anilines is 1. The second-order valence-electron chi connectivity index (χ2n) is 5.67. The first kappa shape index (κ1) is 16.3. The number of hydrogen-bond acceptors (Lipinski definition) is 4. The minimum absolute atomic E-state index is 0.0490. The fraction of sp³-hybridized carbons (Fsp3) is 0.235. The third-order valence-electron chi connectivity index (χ3n) is 3.90. The number of aryl methyl sites for hydroxylation is 3. The molecule has 126 valence electrons. The van der Waals surface area contributed by atoms with Gasteiger partial charge in [0.05, 0.1) is 16.1 Å². The van der Waals surface area contributed by atoms with Gasteiger partial charge in [0.1, 0.15) is 0 Å². The maximum absolute atomic E-state index is 12.6. The van der Waals surface area contributed by atoms with Crippen molar-refractivity contribution in [3.8, 4) is 0 Å². The number of hydrogen-bond donors (Lipinski definition) is 1. The first-order chi connectivity index (χ1) is 11.3. The summed E-state index contributed by atoms with van der Waals surface area (Å²) in [5, 5.41) is 0. The van der Waals surface area contributed by atoms with Crippen molar-refractivity contribution in [2.24, 2.45) is 0 Å². The van der Waals surface area contributed by atoms with Gasteiger partial charge < -0.3 is 4.42 Å². The molecule has 0 aliphatic heterocycles. The van der Waals surface area contributed by atoms with Crippen molar-refractivity contribution < 1.29 is 12.8 Å². The Kier molecular flexibility index (Phi) is 3.96. The van der Waals surface area contributed by atoms with Gasteiger partial charge in [-0.25, -0.2) is 13.2 Å². The highest BCUT2D eigenvalue weighted by molar-refractivity contribution is 7.92. The third kappa shape index (κ3) is 2.82. The molecule has 0 bridgehead atoms. The molecule has 0 aliphatic carbocycles. The van der Waals surface area contributed by atoms with Crippen LogP contribution in [-0.4, -0.2) is 13.0 Å². The van der Waals surface area contributed by atoms with Crippen molar-refractivity contribution in [3.05, 3.63) is 58.1 Å². The highest BCUT2D eigenvalue weighted by atomic mass is 32.2. The fourth-order valence-corrected chi connectivity index (χ4v) is 3.70. The predicted octanol–water partition coefficient (Wildman–Crippen LogP) is 3.03. The zero-order valence-corrected chi connectivity index (χ0v) is 14.5. The van der Waals surface area contributed by atoms with Gasteiger partial charge >= 0.3 is 5.76 Å². The Morgan fingerprint density at radius 1 is 1.12 bits per heavy atom. The normalized spacial score (nSPS) is 11.8. The molecule has 0 saturated heterocycles. The lowest BCUT2D eigenvalue weighted by molar-refractivity contribution is 0.512. The van der Waals surface area contributed by atoms with Gasteiger partial charge in [0.2, 0.25) is 0 Å². The zero-order chi connectivity index (χ0) is 17.5. The molecule has 1 heterocycles.